The minimum absolute atomic E-state index is 0.160. The molecule has 6 rings (SSSR count). The molecule has 0 aliphatic heterocycles. The highest BCUT2D eigenvalue weighted by Gasteiger charge is 2.25. The standard InChI is InChI=1S/C34H33N7O2S2/c1-22-9-5-7-11-27(22)32-38-37-30-18-17-26(21-40(30)32)45-28-12-8-6-10-23(28)20-35-33(43)36-31-19-29(34(2,3)44-4)39-41(31)24-13-15-25(42)16-14-24/h5-19,21,42H,20H2,1-4H3,(H2,35,36,43). The van der Waals surface area contributed by atoms with Crippen LogP contribution in [0.1, 0.15) is 30.7 Å². The van der Waals surface area contributed by atoms with Crippen molar-refractivity contribution in [2.45, 2.75) is 41.9 Å². The van der Waals surface area contributed by atoms with Crippen molar-refractivity contribution in [1.82, 2.24) is 29.7 Å². The molecular formula is C34H33N7O2S2. The average Bonchev–Trinajstić information content (AvgIpc) is 3.66. The number of pyridine rings is 1. The molecule has 0 fully saturated rings. The maximum absolute atomic E-state index is 13.2. The summed E-state index contributed by atoms with van der Waals surface area (Å²) in [7, 11) is 0. The van der Waals surface area contributed by atoms with Crippen LogP contribution in [0, 0.1) is 6.92 Å². The largest absolute Gasteiger partial charge is 0.508 e. The lowest BCUT2D eigenvalue weighted by Gasteiger charge is -2.18. The van der Waals surface area contributed by atoms with Crippen molar-refractivity contribution in [3.05, 3.63) is 114 Å². The Bertz CT molecular complexity index is 1980. The molecular weight excluding hydrogens is 603 g/mol. The zero-order valence-corrected chi connectivity index (χ0v) is 27.0. The first-order valence-electron chi connectivity index (χ1n) is 14.4. The summed E-state index contributed by atoms with van der Waals surface area (Å²) in [5, 5.41) is 29.4. The van der Waals surface area contributed by atoms with E-state index in [1.54, 1.807) is 52.5 Å². The third kappa shape index (κ3) is 6.54. The number of fused-ring (bicyclic) bond motifs is 1. The van der Waals surface area contributed by atoms with Crippen LogP contribution in [0.3, 0.4) is 0 Å². The van der Waals surface area contributed by atoms with Gasteiger partial charge in [0.15, 0.2) is 11.5 Å². The zero-order chi connectivity index (χ0) is 31.6. The van der Waals surface area contributed by atoms with Gasteiger partial charge in [0, 0.05) is 34.2 Å². The molecule has 0 unspecified atom stereocenters. The number of amides is 2. The molecule has 228 valence electrons. The van der Waals surface area contributed by atoms with E-state index in [4.69, 9.17) is 5.10 Å². The first-order chi connectivity index (χ1) is 21.7. The summed E-state index contributed by atoms with van der Waals surface area (Å²) in [6, 6.07) is 28.4. The molecule has 3 aromatic carbocycles. The molecule has 0 aliphatic carbocycles. The van der Waals surface area contributed by atoms with Gasteiger partial charge in [0.05, 0.1) is 16.1 Å². The number of anilines is 1. The number of aryl methyl sites for hydroxylation is 1. The SMILES string of the molecule is CSC(C)(C)c1cc(NC(=O)NCc2ccccc2Sc2ccc3nnc(-c4ccccc4C)n3c2)n(-c2ccc(O)cc2)n1. The molecule has 3 N–H and O–H groups in total. The van der Waals surface area contributed by atoms with E-state index in [0.717, 1.165) is 49.3 Å². The summed E-state index contributed by atoms with van der Waals surface area (Å²) in [5.41, 5.74) is 5.49. The number of nitrogens with zero attached hydrogens (tertiary/aromatic N) is 5. The molecule has 2 amide bonds. The summed E-state index contributed by atoms with van der Waals surface area (Å²) in [6.45, 7) is 6.57. The summed E-state index contributed by atoms with van der Waals surface area (Å²) in [5.74, 6) is 1.49. The lowest BCUT2D eigenvalue weighted by atomic mass is 10.1. The van der Waals surface area contributed by atoms with Crippen LogP contribution in [0.2, 0.25) is 0 Å². The lowest BCUT2D eigenvalue weighted by Crippen LogP contribution is -2.29. The van der Waals surface area contributed by atoms with E-state index in [1.165, 1.54) is 0 Å². The number of thioether (sulfide) groups is 1. The molecule has 0 aliphatic rings. The second-order valence-electron chi connectivity index (χ2n) is 11.0. The van der Waals surface area contributed by atoms with Gasteiger partial charge in [-0.1, -0.05) is 54.2 Å². The van der Waals surface area contributed by atoms with Gasteiger partial charge in [0.25, 0.3) is 0 Å². The highest BCUT2D eigenvalue weighted by Crippen LogP contribution is 2.35. The van der Waals surface area contributed by atoms with E-state index in [-0.39, 0.29) is 16.5 Å². The number of aromatic nitrogens is 5. The molecule has 45 heavy (non-hydrogen) atoms. The molecule has 6 aromatic rings. The smallest absolute Gasteiger partial charge is 0.320 e. The van der Waals surface area contributed by atoms with Gasteiger partial charge in [0.1, 0.15) is 11.6 Å². The molecule has 0 atom stereocenters. The number of aromatic hydroxyl groups is 1. The predicted octanol–water partition coefficient (Wildman–Crippen LogP) is 7.67. The van der Waals surface area contributed by atoms with Crippen molar-refractivity contribution in [2.75, 3.05) is 11.6 Å². The Morgan fingerprint density at radius 3 is 2.49 bits per heavy atom. The maximum Gasteiger partial charge on any atom is 0.320 e. The van der Waals surface area contributed by atoms with Gasteiger partial charge in [-0.3, -0.25) is 9.72 Å². The van der Waals surface area contributed by atoms with E-state index in [2.05, 4.69) is 66.0 Å². The van der Waals surface area contributed by atoms with Gasteiger partial charge in [-0.2, -0.15) is 16.9 Å². The van der Waals surface area contributed by atoms with Crippen LogP contribution < -0.4 is 10.6 Å². The van der Waals surface area contributed by atoms with Gasteiger partial charge in [0.2, 0.25) is 0 Å². The molecule has 0 radical (unpaired) electrons. The first-order valence-corrected chi connectivity index (χ1v) is 16.4. The number of carbonyl (C=O) groups excluding carboxylic acids is 1. The first kappa shape index (κ1) is 30.3. The third-order valence-electron chi connectivity index (χ3n) is 7.57. The zero-order valence-electron chi connectivity index (χ0n) is 25.4. The van der Waals surface area contributed by atoms with E-state index >= 15 is 0 Å². The van der Waals surface area contributed by atoms with E-state index < -0.39 is 0 Å². The minimum Gasteiger partial charge on any atom is -0.508 e. The van der Waals surface area contributed by atoms with Gasteiger partial charge in [-0.25, -0.2) is 9.48 Å². The summed E-state index contributed by atoms with van der Waals surface area (Å²) in [6.07, 6.45) is 4.08. The van der Waals surface area contributed by atoms with Gasteiger partial charge >= 0.3 is 6.03 Å². The highest BCUT2D eigenvalue weighted by atomic mass is 32.2. The average molecular weight is 636 g/mol. The number of hydrogen-bond donors (Lipinski definition) is 3. The Labute approximate surface area is 270 Å². The summed E-state index contributed by atoms with van der Waals surface area (Å²) < 4.78 is 3.44. The van der Waals surface area contributed by atoms with Crippen LogP contribution >= 0.6 is 23.5 Å². The summed E-state index contributed by atoms with van der Waals surface area (Å²) in [4.78, 5) is 15.3. The van der Waals surface area contributed by atoms with Crippen LogP contribution in [-0.2, 0) is 11.3 Å². The molecule has 0 saturated heterocycles. The minimum atomic E-state index is -0.350. The fourth-order valence-corrected chi connectivity index (χ4v) is 6.09. The molecule has 3 heterocycles. The van der Waals surface area contributed by atoms with E-state index in [1.807, 2.05) is 59.2 Å². The number of benzene rings is 3. The third-order valence-corrected chi connectivity index (χ3v) is 9.90. The number of rotatable bonds is 9. The van der Waals surface area contributed by atoms with Crippen LogP contribution in [0.4, 0.5) is 10.6 Å². The quantitative estimate of drug-likeness (QED) is 0.150. The predicted molar refractivity (Wildman–Crippen MR) is 181 cm³/mol. The van der Waals surface area contributed by atoms with E-state index in [0.29, 0.717) is 12.4 Å². The van der Waals surface area contributed by atoms with Crippen molar-refractivity contribution in [3.63, 3.8) is 0 Å². The van der Waals surface area contributed by atoms with Crippen molar-refractivity contribution >= 4 is 41.0 Å². The number of carbonyl (C=O) groups is 1. The van der Waals surface area contributed by atoms with Crippen molar-refractivity contribution in [3.8, 4) is 22.8 Å². The maximum atomic E-state index is 13.2. The molecule has 11 heteroatoms. The number of nitrogens with one attached hydrogen (secondary N) is 2. The fraction of sp³-hybridized carbons (Fsp3) is 0.176. The van der Waals surface area contributed by atoms with Crippen LogP contribution in [-0.4, -0.2) is 41.8 Å². The monoisotopic (exact) mass is 635 g/mol. The molecule has 9 nitrogen and oxygen atoms in total. The molecule has 3 aromatic heterocycles. The normalized spacial score (nSPS) is 11.6. The highest BCUT2D eigenvalue weighted by molar-refractivity contribution is 7.99. The summed E-state index contributed by atoms with van der Waals surface area (Å²) >= 11 is 3.30. The second-order valence-corrected chi connectivity index (χ2v) is 13.6. The Balaban J connectivity index is 1.20. The number of hydrogen-bond acceptors (Lipinski definition) is 7. The molecule has 0 saturated carbocycles. The van der Waals surface area contributed by atoms with Gasteiger partial charge in [-0.05, 0) is 80.6 Å². The van der Waals surface area contributed by atoms with Crippen LogP contribution in [0.25, 0.3) is 22.7 Å². The second kappa shape index (κ2) is 12.7. The Morgan fingerprint density at radius 2 is 1.71 bits per heavy atom. The van der Waals surface area contributed by atoms with Crippen molar-refractivity contribution in [1.29, 1.82) is 0 Å². The van der Waals surface area contributed by atoms with E-state index in [9.17, 15) is 9.90 Å². The van der Waals surface area contributed by atoms with Gasteiger partial charge < -0.3 is 10.4 Å². The lowest BCUT2D eigenvalue weighted by molar-refractivity contribution is 0.251. The Morgan fingerprint density at radius 1 is 0.956 bits per heavy atom. The Hall–Kier alpha value is -4.74. The topological polar surface area (TPSA) is 109 Å². The van der Waals surface area contributed by atoms with Crippen LogP contribution in [0.15, 0.2) is 107 Å². The van der Waals surface area contributed by atoms with Crippen LogP contribution in [0.5, 0.6) is 5.75 Å². The molecule has 0 bridgehead atoms. The number of urea groups is 1. The Kier molecular flexibility index (Phi) is 8.55. The fourth-order valence-electron chi connectivity index (χ4n) is 4.81. The number of phenolic OH excluding ortho intramolecular Hbond substituents is 1. The molecule has 0 spiro atoms. The van der Waals surface area contributed by atoms with Crippen molar-refractivity contribution < 1.29 is 9.90 Å². The van der Waals surface area contributed by atoms with Gasteiger partial charge in [-0.15, -0.1) is 10.2 Å². The number of phenols is 1. The van der Waals surface area contributed by atoms with Crippen molar-refractivity contribution in [2.24, 2.45) is 0 Å².